The van der Waals surface area contributed by atoms with Gasteiger partial charge in [-0.15, -0.1) is 0 Å². The van der Waals surface area contributed by atoms with Crippen molar-refractivity contribution in [3.05, 3.63) is 35.8 Å². The summed E-state index contributed by atoms with van der Waals surface area (Å²) in [6.07, 6.45) is -2.08. The van der Waals surface area contributed by atoms with E-state index in [1.54, 1.807) is 37.7 Å². The topological polar surface area (TPSA) is 136 Å². The summed E-state index contributed by atoms with van der Waals surface area (Å²) in [6.45, 7) is 9.68. The maximum atomic E-state index is 14.4. The van der Waals surface area contributed by atoms with Gasteiger partial charge in [-0.05, 0) is 69.3 Å². The molecule has 3 heterocycles. The van der Waals surface area contributed by atoms with E-state index in [-0.39, 0.29) is 17.9 Å². The van der Waals surface area contributed by atoms with Crippen molar-refractivity contribution < 1.29 is 34.0 Å². The number of halogens is 1. The first-order chi connectivity index (χ1) is 18.7. The van der Waals surface area contributed by atoms with Gasteiger partial charge in [-0.25, -0.2) is 4.39 Å². The second kappa shape index (κ2) is 11.7. The highest BCUT2D eigenvalue weighted by atomic mass is 19.1. The summed E-state index contributed by atoms with van der Waals surface area (Å²) < 4.78 is 21.8. The predicted octanol–water partition coefficient (Wildman–Crippen LogP) is 1.45. The summed E-state index contributed by atoms with van der Waals surface area (Å²) in [7, 11) is 1.69. The minimum absolute atomic E-state index is 0.140. The van der Waals surface area contributed by atoms with Crippen LogP contribution in [0.3, 0.4) is 0 Å². The maximum absolute atomic E-state index is 14.4. The highest BCUT2D eigenvalue weighted by molar-refractivity contribution is 5.90. The lowest BCUT2D eigenvalue weighted by Gasteiger charge is -2.40. The molecule has 0 saturated carbocycles. The van der Waals surface area contributed by atoms with Gasteiger partial charge in [-0.1, -0.05) is 20.8 Å². The van der Waals surface area contributed by atoms with E-state index in [1.165, 1.54) is 12.1 Å². The number of aliphatic hydroxyl groups excluding tert-OH is 3. The third kappa shape index (κ3) is 5.89. The summed E-state index contributed by atoms with van der Waals surface area (Å²) in [5.74, 6) is -0.850. The molecule has 2 aliphatic rings. The molecule has 10 nitrogen and oxygen atoms in total. The molecule has 2 aromatic rings. The van der Waals surface area contributed by atoms with E-state index >= 15 is 0 Å². The van der Waals surface area contributed by atoms with Crippen molar-refractivity contribution in [2.75, 3.05) is 13.6 Å². The van der Waals surface area contributed by atoms with E-state index in [9.17, 15) is 29.3 Å². The van der Waals surface area contributed by atoms with Crippen molar-refractivity contribution in [2.45, 2.75) is 103 Å². The van der Waals surface area contributed by atoms with Crippen LogP contribution in [-0.4, -0.2) is 92.7 Å². The minimum atomic E-state index is -1.43. The second-order valence-electron chi connectivity index (χ2n) is 12.3. The van der Waals surface area contributed by atoms with Crippen LogP contribution in [0.25, 0.3) is 10.9 Å². The van der Waals surface area contributed by atoms with Gasteiger partial charge >= 0.3 is 0 Å². The van der Waals surface area contributed by atoms with Gasteiger partial charge in [-0.2, -0.15) is 0 Å². The van der Waals surface area contributed by atoms with Crippen molar-refractivity contribution >= 4 is 22.7 Å². The van der Waals surface area contributed by atoms with Gasteiger partial charge in [0.15, 0.2) is 6.23 Å². The van der Waals surface area contributed by atoms with E-state index in [0.717, 1.165) is 23.8 Å². The van der Waals surface area contributed by atoms with Gasteiger partial charge in [0.2, 0.25) is 11.8 Å². The third-order valence-corrected chi connectivity index (χ3v) is 8.32. The zero-order valence-electron chi connectivity index (χ0n) is 24.1. The number of hydrogen-bond acceptors (Lipinski definition) is 7. The molecule has 222 valence electrons. The minimum Gasteiger partial charge on any atom is -0.388 e. The number of likely N-dealkylation sites (N-methyl/N-ethyl adjacent to an activating group) is 1. The molecule has 1 aromatic heterocycles. The first-order valence-corrected chi connectivity index (χ1v) is 14.0. The first-order valence-electron chi connectivity index (χ1n) is 14.0. The van der Waals surface area contributed by atoms with Crippen LogP contribution in [0.4, 0.5) is 4.39 Å². The monoisotopic (exact) mass is 562 g/mol. The van der Waals surface area contributed by atoms with Gasteiger partial charge < -0.3 is 40.2 Å². The second-order valence-corrected chi connectivity index (χ2v) is 12.3. The number of nitrogens with one attached hydrogen (secondary N) is 2. The highest BCUT2D eigenvalue weighted by Crippen LogP contribution is 2.35. The Labute approximate surface area is 234 Å². The Morgan fingerprint density at radius 3 is 2.52 bits per heavy atom. The lowest BCUT2D eigenvalue weighted by molar-refractivity contribution is -0.239. The van der Waals surface area contributed by atoms with E-state index in [0.29, 0.717) is 18.5 Å². The number of amides is 2. The molecule has 0 spiro atoms. The van der Waals surface area contributed by atoms with Crippen LogP contribution < -0.4 is 10.6 Å². The summed E-state index contributed by atoms with van der Waals surface area (Å²) in [6, 6.07) is 3.07. The largest absolute Gasteiger partial charge is 0.388 e. The zero-order valence-corrected chi connectivity index (χ0v) is 24.1. The van der Waals surface area contributed by atoms with Crippen LogP contribution in [0, 0.1) is 11.2 Å². The van der Waals surface area contributed by atoms with E-state index < -0.39 is 54.0 Å². The number of aromatic nitrogens is 1. The van der Waals surface area contributed by atoms with Gasteiger partial charge in [0.25, 0.3) is 0 Å². The molecule has 5 N–H and O–H groups in total. The molecule has 2 aliphatic heterocycles. The molecule has 0 radical (unpaired) electrons. The lowest BCUT2D eigenvalue weighted by atomic mass is 9.85. The molecule has 0 bridgehead atoms. The van der Waals surface area contributed by atoms with Gasteiger partial charge in [0, 0.05) is 24.2 Å². The fraction of sp³-hybridized carbons (Fsp3) is 0.655. The molecular weight excluding hydrogens is 519 g/mol. The van der Waals surface area contributed by atoms with Crippen molar-refractivity contribution in [1.29, 1.82) is 0 Å². The Kier molecular flexibility index (Phi) is 8.91. The Morgan fingerprint density at radius 1 is 1.18 bits per heavy atom. The maximum Gasteiger partial charge on any atom is 0.245 e. The average Bonchev–Trinajstić information content (AvgIpc) is 3.51. The smallest absolute Gasteiger partial charge is 0.245 e. The fourth-order valence-electron chi connectivity index (χ4n) is 5.73. The molecular formula is C29H43FN4O6. The Morgan fingerprint density at radius 2 is 1.88 bits per heavy atom. The van der Waals surface area contributed by atoms with Crippen LogP contribution in [-0.2, 0) is 20.7 Å². The fourth-order valence-corrected chi connectivity index (χ4v) is 5.73. The zero-order chi connectivity index (χ0) is 29.5. The number of aliphatic hydroxyl groups is 3. The van der Waals surface area contributed by atoms with E-state index in [2.05, 4.69) is 10.6 Å². The Bertz CT molecular complexity index is 1230. The van der Waals surface area contributed by atoms with Crippen LogP contribution in [0.2, 0.25) is 0 Å². The number of hydrogen-bond donors (Lipinski definition) is 5. The number of ether oxygens (including phenoxy) is 1. The number of nitrogens with zero attached hydrogens (tertiary/aromatic N) is 2. The number of rotatable bonds is 7. The molecule has 4 rings (SSSR count). The van der Waals surface area contributed by atoms with Gasteiger partial charge in [0.1, 0.15) is 30.2 Å². The SMILES string of the molecule is CN[C@@H](C)C(=O)N[C@H](C(=O)N1CCC[C@H]1Cc1cn(C2O[C@@H](C)[C@@H](O)[C@@H](O)[C@@H]2O)c2cc(F)ccc12)C(C)(C)C. The Balaban J connectivity index is 1.64. The summed E-state index contributed by atoms with van der Waals surface area (Å²) in [4.78, 5) is 28.4. The van der Waals surface area contributed by atoms with Crippen molar-refractivity contribution in [3.63, 3.8) is 0 Å². The van der Waals surface area contributed by atoms with Crippen molar-refractivity contribution in [3.8, 4) is 0 Å². The van der Waals surface area contributed by atoms with Crippen LogP contribution >= 0.6 is 0 Å². The molecule has 2 fully saturated rings. The molecule has 1 unspecified atom stereocenters. The molecule has 1 aromatic carbocycles. The number of carbonyl (C=O) groups excluding carboxylic acids is 2. The number of benzene rings is 1. The van der Waals surface area contributed by atoms with E-state index in [4.69, 9.17) is 4.74 Å². The number of fused-ring (bicyclic) bond motifs is 1. The normalized spacial score (nSPS) is 29.0. The molecule has 40 heavy (non-hydrogen) atoms. The predicted molar refractivity (Wildman–Crippen MR) is 148 cm³/mol. The van der Waals surface area contributed by atoms with Crippen LogP contribution in [0.15, 0.2) is 24.4 Å². The van der Waals surface area contributed by atoms with E-state index in [1.807, 2.05) is 25.7 Å². The molecule has 11 heteroatoms. The van der Waals surface area contributed by atoms with Crippen molar-refractivity contribution in [1.82, 2.24) is 20.1 Å². The first kappa shape index (κ1) is 30.4. The molecule has 2 saturated heterocycles. The third-order valence-electron chi connectivity index (χ3n) is 8.32. The van der Waals surface area contributed by atoms with Gasteiger partial charge in [-0.3, -0.25) is 9.59 Å². The average molecular weight is 563 g/mol. The summed E-state index contributed by atoms with van der Waals surface area (Å²) in [5, 5.41) is 37.9. The number of carbonyl (C=O) groups is 2. The van der Waals surface area contributed by atoms with Gasteiger partial charge in [0.05, 0.1) is 17.7 Å². The van der Waals surface area contributed by atoms with Crippen LogP contribution in [0.1, 0.15) is 59.3 Å². The molecule has 2 amide bonds. The highest BCUT2D eigenvalue weighted by Gasteiger charge is 2.44. The number of likely N-dealkylation sites (tertiary alicyclic amines) is 1. The summed E-state index contributed by atoms with van der Waals surface area (Å²) in [5.41, 5.74) is 0.799. The quantitative estimate of drug-likeness (QED) is 0.345. The Hall–Kier alpha value is -2.57. The standard InChI is InChI=1S/C29H43FN4O6/c1-15(31-6)26(38)32-25(29(3,4)5)27(39)33-11-7-8-19(33)12-17-14-34(21-13-18(30)9-10-20(17)21)28-24(37)23(36)22(35)16(2)40-28/h9-10,13-16,19,22-25,28,31,35-37H,7-8,11-12H2,1-6H3,(H,32,38)/t15-,16-,19-,22+,23+,24-,25+,28?/m0/s1. The lowest BCUT2D eigenvalue weighted by Crippen LogP contribution is -2.58. The molecule has 0 aliphatic carbocycles. The summed E-state index contributed by atoms with van der Waals surface area (Å²) >= 11 is 0. The van der Waals surface area contributed by atoms with Crippen molar-refractivity contribution in [2.24, 2.45) is 5.41 Å². The van der Waals surface area contributed by atoms with Crippen LogP contribution in [0.5, 0.6) is 0 Å². The molecule has 8 atom stereocenters.